The fourth-order valence-electron chi connectivity index (χ4n) is 3.93. The van der Waals surface area contributed by atoms with Gasteiger partial charge in [0.25, 0.3) is 0 Å². The van der Waals surface area contributed by atoms with Gasteiger partial charge < -0.3 is 0 Å². The van der Waals surface area contributed by atoms with E-state index in [1.54, 1.807) is 11.3 Å². The summed E-state index contributed by atoms with van der Waals surface area (Å²) in [4.78, 5) is 27.0. The summed E-state index contributed by atoms with van der Waals surface area (Å²) < 4.78 is 0. The second kappa shape index (κ2) is 8.27. The van der Waals surface area contributed by atoms with E-state index in [9.17, 15) is 9.59 Å². The first-order chi connectivity index (χ1) is 12.2. The number of allylic oxidation sites excluding steroid dienone is 4. The van der Waals surface area contributed by atoms with Crippen molar-refractivity contribution in [1.82, 2.24) is 0 Å². The highest BCUT2D eigenvalue weighted by molar-refractivity contribution is 7.15. The first kappa shape index (κ1) is 18.3. The van der Waals surface area contributed by atoms with Gasteiger partial charge in [-0.25, -0.2) is 0 Å². The van der Waals surface area contributed by atoms with Crippen molar-refractivity contribution in [1.29, 1.82) is 0 Å². The Kier molecular flexibility index (Phi) is 6.06. The van der Waals surface area contributed by atoms with Gasteiger partial charge in [-0.3, -0.25) is 9.59 Å². The van der Waals surface area contributed by atoms with E-state index < -0.39 is 0 Å². The molecule has 0 radical (unpaired) electrons. The third-order valence-electron chi connectivity index (χ3n) is 5.34. The van der Waals surface area contributed by atoms with Crippen LogP contribution in [0.1, 0.15) is 87.8 Å². The van der Waals surface area contributed by atoms with Gasteiger partial charge in [0.15, 0.2) is 11.6 Å². The maximum absolute atomic E-state index is 12.4. The van der Waals surface area contributed by atoms with Crippen LogP contribution in [0.25, 0.3) is 11.1 Å². The molecule has 25 heavy (non-hydrogen) atoms. The molecule has 0 saturated carbocycles. The van der Waals surface area contributed by atoms with Crippen LogP contribution in [0.4, 0.5) is 0 Å². The molecule has 134 valence electrons. The summed E-state index contributed by atoms with van der Waals surface area (Å²) in [7, 11) is 0. The number of ketones is 2. The lowest BCUT2D eigenvalue weighted by atomic mass is 10.0. The van der Waals surface area contributed by atoms with Crippen molar-refractivity contribution in [3.05, 3.63) is 33.0 Å². The van der Waals surface area contributed by atoms with Gasteiger partial charge in [-0.15, -0.1) is 11.3 Å². The van der Waals surface area contributed by atoms with Gasteiger partial charge >= 0.3 is 0 Å². The predicted octanol–water partition coefficient (Wildman–Crippen LogP) is 6.36. The monoisotopic (exact) mass is 356 g/mol. The van der Waals surface area contributed by atoms with Gasteiger partial charge in [0, 0.05) is 33.7 Å². The molecule has 0 spiro atoms. The standard InChI is InChI=1S/C22H28O2S/c1-3-5-7-15-9-11-17(23)21(15)19-13-14-20(25-19)22-16(8-6-4-2)10-12-18(22)24/h13-14H,3-12H2,1-2H3. The lowest BCUT2D eigenvalue weighted by Crippen LogP contribution is -1.94. The number of carbonyl (C=O) groups excluding carboxylic acids is 2. The molecular formula is C22H28O2S. The number of thiophene rings is 1. The lowest BCUT2D eigenvalue weighted by Gasteiger charge is -2.05. The number of rotatable bonds is 8. The summed E-state index contributed by atoms with van der Waals surface area (Å²) in [6, 6.07) is 4.14. The summed E-state index contributed by atoms with van der Waals surface area (Å²) in [5.41, 5.74) is 4.59. The zero-order valence-electron chi connectivity index (χ0n) is 15.5. The van der Waals surface area contributed by atoms with E-state index in [4.69, 9.17) is 0 Å². The molecule has 1 aromatic rings. The molecular weight excluding hydrogens is 328 g/mol. The Morgan fingerprint density at radius 3 is 1.60 bits per heavy atom. The Hall–Kier alpha value is -1.48. The van der Waals surface area contributed by atoms with Gasteiger partial charge in [0.2, 0.25) is 0 Å². The minimum atomic E-state index is 0.289. The van der Waals surface area contributed by atoms with E-state index in [2.05, 4.69) is 26.0 Å². The number of hydrogen-bond acceptors (Lipinski definition) is 3. The summed E-state index contributed by atoms with van der Waals surface area (Å²) >= 11 is 1.65. The first-order valence-corrected chi connectivity index (χ1v) is 10.6. The Morgan fingerprint density at radius 2 is 1.20 bits per heavy atom. The SMILES string of the molecule is CCCCC1=C(c2ccc(C3=C(CCCC)CCC3=O)s2)C(=O)CC1. The predicted molar refractivity (Wildman–Crippen MR) is 106 cm³/mol. The Morgan fingerprint density at radius 1 is 0.760 bits per heavy atom. The van der Waals surface area contributed by atoms with Crippen LogP contribution < -0.4 is 0 Å². The average Bonchev–Trinajstić information content (AvgIpc) is 3.29. The second-order valence-electron chi connectivity index (χ2n) is 7.17. The minimum Gasteiger partial charge on any atom is -0.294 e. The third-order valence-corrected chi connectivity index (χ3v) is 6.46. The molecule has 0 amide bonds. The van der Waals surface area contributed by atoms with Gasteiger partial charge in [-0.2, -0.15) is 0 Å². The van der Waals surface area contributed by atoms with Gasteiger partial charge in [0.05, 0.1) is 0 Å². The average molecular weight is 357 g/mol. The van der Waals surface area contributed by atoms with E-state index in [0.29, 0.717) is 12.8 Å². The third kappa shape index (κ3) is 3.87. The molecule has 1 aromatic heterocycles. The number of carbonyl (C=O) groups is 2. The smallest absolute Gasteiger partial charge is 0.164 e. The molecule has 0 aliphatic heterocycles. The zero-order valence-corrected chi connectivity index (χ0v) is 16.3. The van der Waals surface area contributed by atoms with Crippen molar-refractivity contribution in [2.24, 2.45) is 0 Å². The molecule has 2 nitrogen and oxygen atoms in total. The van der Waals surface area contributed by atoms with Crippen LogP contribution in [-0.2, 0) is 9.59 Å². The maximum atomic E-state index is 12.4. The Bertz CT molecular complexity index is 672. The van der Waals surface area contributed by atoms with Crippen LogP contribution in [0.3, 0.4) is 0 Å². The number of unbranched alkanes of at least 4 members (excludes halogenated alkanes) is 2. The van der Waals surface area contributed by atoms with E-state index in [-0.39, 0.29) is 11.6 Å². The first-order valence-electron chi connectivity index (χ1n) is 9.76. The fraction of sp³-hybridized carbons (Fsp3) is 0.545. The highest BCUT2D eigenvalue weighted by Crippen LogP contribution is 2.41. The number of hydrogen-bond donors (Lipinski definition) is 0. The summed E-state index contributed by atoms with van der Waals surface area (Å²) in [6.07, 6.45) is 9.84. The molecule has 2 aliphatic carbocycles. The van der Waals surface area contributed by atoms with Crippen LogP contribution in [0.15, 0.2) is 23.3 Å². The van der Waals surface area contributed by atoms with Crippen LogP contribution in [-0.4, -0.2) is 11.6 Å². The van der Waals surface area contributed by atoms with Crippen molar-refractivity contribution in [3.63, 3.8) is 0 Å². The molecule has 1 heterocycles. The summed E-state index contributed by atoms with van der Waals surface area (Å²) in [5, 5.41) is 0. The van der Waals surface area contributed by atoms with Crippen LogP contribution in [0.2, 0.25) is 0 Å². The highest BCUT2D eigenvalue weighted by Gasteiger charge is 2.28. The highest BCUT2D eigenvalue weighted by atomic mass is 32.1. The van der Waals surface area contributed by atoms with Crippen LogP contribution in [0, 0.1) is 0 Å². The fourth-order valence-corrected chi connectivity index (χ4v) is 5.16. The largest absolute Gasteiger partial charge is 0.294 e. The van der Waals surface area contributed by atoms with E-state index >= 15 is 0 Å². The van der Waals surface area contributed by atoms with Crippen molar-refractivity contribution in [2.45, 2.75) is 78.1 Å². The minimum absolute atomic E-state index is 0.289. The van der Waals surface area contributed by atoms with E-state index in [1.807, 2.05) is 0 Å². The normalized spacial score (nSPS) is 18.2. The molecule has 0 N–H and O–H groups in total. The lowest BCUT2D eigenvalue weighted by molar-refractivity contribution is -0.114. The van der Waals surface area contributed by atoms with Gasteiger partial charge in [0.1, 0.15) is 0 Å². The van der Waals surface area contributed by atoms with Crippen molar-refractivity contribution in [3.8, 4) is 0 Å². The van der Waals surface area contributed by atoms with Crippen molar-refractivity contribution in [2.75, 3.05) is 0 Å². The molecule has 0 atom stereocenters. The summed E-state index contributed by atoms with van der Waals surface area (Å²) in [5.74, 6) is 0.579. The zero-order chi connectivity index (χ0) is 17.8. The molecule has 0 bridgehead atoms. The molecule has 0 fully saturated rings. The molecule has 0 unspecified atom stereocenters. The van der Waals surface area contributed by atoms with Gasteiger partial charge in [-0.1, -0.05) is 37.8 Å². The van der Waals surface area contributed by atoms with Gasteiger partial charge in [-0.05, 0) is 50.7 Å². The maximum Gasteiger partial charge on any atom is 0.164 e. The number of Topliss-reactive ketones (excluding diaryl/α,β-unsaturated/α-hetero) is 2. The van der Waals surface area contributed by atoms with E-state index in [1.165, 1.54) is 11.1 Å². The van der Waals surface area contributed by atoms with Crippen molar-refractivity contribution >= 4 is 34.0 Å². The van der Waals surface area contributed by atoms with E-state index in [0.717, 1.165) is 72.3 Å². The summed E-state index contributed by atoms with van der Waals surface area (Å²) in [6.45, 7) is 4.38. The molecule has 0 saturated heterocycles. The quantitative estimate of drug-likeness (QED) is 0.543. The molecule has 3 heteroatoms. The van der Waals surface area contributed by atoms with Crippen LogP contribution >= 0.6 is 11.3 Å². The Balaban J connectivity index is 1.91. The molecule has 3 rings (SSSR count). The molecule has 2 aliphatic rings. The topological polar surface area (TPSA) is 34.1 Å². The second-order valence-corrected chi connectivity index (χ2v) is 8.26. The van der Waals surface area contributed by atoms with Crippen LogP contribution in [0.5, 0.6) is 0 Å². The Labute approximate surface area is 155 Å². The van der Waals surface area contributed by atoms with Crippen molar-refractivity contribution < 1.29 is 9.59 Å². The molecule has 0 aromatic carbocycles.